The van der Waals surface area contributed by atoms with Crippen LogP contribution in [0.1, 0.15) is 62.7 Å². The SMILES string of the molecule is CC(C)CC(=O)N1CCc2nc([C@@H]3CCCCN3)ncc2C1. The summed E-state index contributed by atoms with van der Waals surface area (Å²) in [5.74, 6) is 1.59. The lowest BCUT2D eigenvalue weighted by atomic mass is 10.0. The zero-order chi connectivity index (χ0) is 15.5. The maximum Gasteiger partial charge on any atom is 0.223 e. The second-order valence-electron chi connectivity index (χ2n) is 6.87. The van der Waals surface area contributed by atoms with Crippen molar-refractivity contribution in [1.82, 2.24) is 20.2 Å². The van der Waals surface area contributed by atoms with Crippen LogP contribution < -0.4 is 5.32 Å². The van der Waals surface area contributed by atoms with E-state index >= 15 is 0 Å². The average molecular weight is 302 g/mol. The summed E-state index contributed by atoms with van der Waals surface area (Å²) in [4.78, 5) is 23.5. The van der Waals surface area contributed by atoms with Gasteiger partial charge in [0.25, 0.3) is 0 Å². The molecule has 22 heavy (non-hydrogen) atoms. The summed E-state index contributed by atoms with van der Waals surface area (Å²) in [6.07, 6.45) is 7.02. The van der Waals surface area contributed by atoms with Gasteiger partial charge in [-0.15, -0.1) is 0 Å². The Hall–Kier alpha value is -1.49. The zero-order valence-corrected chi connectivity index (χ0v) is 13.6. The molecule has 1 amide bonds. The highest BCUT2D eigenvalue weighted by Gasteiger charge is 2.24. The van der Waals surface area contributed by atoms with Crippen molar-refractivity contribution >= 4 is 5.91 Å². The van der Waals surface area contributed by atoms with E-state index in [9.17, 15) is 4.79 Å². The van der Waals surface area contributed by atoms with Crippen molar-refractivity contribution in [3.8, 4) is 0 Å². The fourth-order valence-electron chi connectivity index (χ4n) is 3.26. The molecule has 1 aromatic heterocycles. The molecule has 1 saturated heterocycles. The number of hydrogen-bond acceptors (Lipinski definition) is 4. The predicted molar refractivity (Wildman–Crippen MR) is 85.2 cm³/mol. The number of aromatic nitrogens is 2. The lowest BCUT2D eigenvalue weighted by Crippen LogP contribution is -2.37. The third-order valence-electron chi connectivity index (χ3n) is 4.51. The van der Waals surface area contributed by atoms with Crippen LogP contribution in [-0.2, 0) is 17.8 Å². The first-order valence-electron chi connectivity index (χ1n) is 8.49. The van der Waals surface area contributed by atoms with E-state index in [0.29, 0.717) is 24.9 Å². The molecule has 5 heteroatoms. The van der Waals surface area contributed by atoms with E-state index < -0.39 is 0 Å². The first kappa shape index (κ1) is 15.4. The molecule has 3 heterocycles. The average Bonchev–Trinajstić information content (AvgIpc) is 2.54. The molecule has 0 saturated carbocycles. The molecule has 0 aromatic carbocycles. The van der Waals surface area contributed by atoms with Gasteiger partial charge in [0.05, 0.1) is 11.7 Å². The molecule has 5 nitrogen and oxygen atoms in total. The predicted octanol–water partition coefficient (Wildman–Crippen LogP) is 2.22. The van der Waals surface area contributed by atoms with E-state index in [1.165, 1.54) is 12.8 Å². The summed E-state index contributed by atoms with van der Waals surface area (Å²) >= 11 is 0. The minimum atomic E-state index is 0.249. The molecule has 3 rings (SSSR count). The Morgan fingerprint density at radius 2 is 2.32 bits per heavy atom. The number of carbonyl (C=O) groups is 1. The van der Waals surface area contributed by atoms with Gasteiger partial charge in [-0.3, -0.25) is 4.79 Å². The number of piperidine rings is 1. The van der Waals surface area contributed by atoms with Crippen LogP contribution in [0, 0.1) is 5.92 Å². The van der Waals surface area contributed by atoms with Crippen LogP contribution in [0.25, 0.3) is 0 Å². The molecule has 120 valence electrons. The molecule has 1 fully saturated rings. The molecule has 0 spiro atoms. The number of carbonyl (C=O) groups excluding carboxylic acids is 1. The summed E-state index contributed by atoms with van der Waals surface area (Å²) in [7, 11) is 0. The maximum absolute atomic E-state index is 12.2. The smallest absolute Gasteiger partial charge is 0.223 e. The van der Waals surface area contributed by atoms with Gasteiger partial charge in [0, 0.05) is 37.7 Å². The van der Waals surface area contributed by atoms with Crippen molar-refractivity contribution in [2.45, 2.75) is 58.5 Å². The van der Waals surface area contributed by atoms with Crippen LogP contribution in [-0.4, -0.2) is 33.9 Å². The first-order chi connectivity index (χ1) is 10.6. The van der Waals surface area contributed by atoms with Crippen molar-refractivity contribution in [3.05, 3.63) is 23.3 Å². The van der Waals surface area contributed by atoms with E-state index in [-0.39, 0.29) is 5.91 Å². The third kappa shape index (κ3) is 3.46. The van der Waals surface area contributed by atoms with Gasteiger partial charge in [0.2, 0.25) is 5.91 Å². The molecule has 0 unspecified atom stereocenters. The van der Waals surface area contributed by atoms with Crippen molar-refractivity contribution < 1.29 is 4.79 Å². The van der Waals surface area contributed by atoms with Crippen LogP contribution in [0.2, 0.25) is 0 Å². The fourth-order valence-corrected chi connectivity index (χ4v) is 3.26. The number of fused-ring (bicyclic) bond motifs is 1. The van der Waals surface area contributed by atoms with E-state index in [4.69, 9.17) is 4.98 Å². The maximum atomic E-state index is 12.2. The molecule has 0 radical (unpaired) electrons. The Kier molecular flexibility index (Phi) is 4.71. The molecule has 2 aliphatic heterocycles. The van der Waals surface area contributed by atoms with E-state index in [1.54, 1.807) is 0 Å². The van der Waals surface area contributed by atoms with Crippen LogP contribution in [0.3, 0.4) is 0 Å². The van der Waals surface area contributed by atoms with Crippen LogP contribution in [0.15, 0.2) is 6.20 Å². The second kappa shape index (κ2) is 6.73. The Labute approximate surface area is 132 Å². The lowest BCUT2D eigenvalue weighted by molar-refractivity contribution is -0.132. The monoisotopic (exact) mass is 302 g/mol. The summed E-state index contributed by atoms with van der Waals surface area (Å²) < 4.78 is 0. The molecular formula is C17H26N4O. The number of rotatable bonds is 3. The summed E-state index contributed by atoms with van der Waals surface area (Å²) in [5, 5.41) is 3.50. The van der Waals surface area contributed by atoms with Gasteiger partial charge in [0.15, 0.2) is 0 Å². The second-order valence-corrected chi connectivity index (χ2v) is 6.87. The standard InChI is InChI=1S/C17H26N4O/c1-12(2)9-16(22)21-8-6-14-13(11-21)10-19-17(20-14)15-5-3-4-7-18-15/h10,12,15,18H,3-9,11H2,1-2H3/t15-/m0/s1. The number of amides is 1. The molecule has 1 N–H and O–H groups in total. The van der Waals surface area contributed by atoms with Crippen LogP contribution >= 0.6 is 0 Å². The molecular weight excluding hydrogens is 276 g/mol. The molecule has 2 aliphatic rings. The Morgan fingerprint density at radius 3 is 3.05 bits per heavy atom. The normalized spacial score (nSPS) is 21.8. The largest absolute Gasteiger partial charge is 0.338 e. The summed E-state index contributed by atoms with van der Waals surface area (Å²) in [6, 6.07) is 0.305. The van der Waals surface area contributed by atoms with E-state index in [0.717, 1.165) is 43.0 Å². The van der Waals surface area contributed by atoms with Gasteiger partial charge >= 0.3 is 0 Å². The Morgan fingerprint density at radius 1 is 1.45 bits per heavy atom. The summed E-state index contributed by atoms with van der Waals surface area (Å²) in [5.41, 5.74) is 2.24. The number of hydrogen-bond donors (Lipinski definition) is 1. The summed E-state index contributed by atoms with van der Waals surface area (Å²) in [6.45, 7) is 6.68. The fraction of sp³-hybridized carbons (Fsp3) is 0.706. The van der Waals surface area contributed by atoms with Crippen molar-refractivity contribution in [2.24, 2.45) is 5.92 Å². The highest BCUT2D eigenvalue weighted by molar-refractivity contribution is 5.76. The van der Waals surface area contributed by atoms with Gasteiger partial charge < -0.3 is 10.2 Å². The topological polar surface area (TPSA) is 58.1 Å². The van der Waals surface area contributed by atoms with E-state index in [2.05, 4.69) is 24.1 Å². The highest BCUT2D eigenvalue weighted by atomic mass is 16.2. The Bertz CT molecular complexity index is 537. The number of nitrogens with one attached hydrogen (secondary N) is 1. The van der Waals surface area contributed by atoms with Gasteiger partial charge in [-0.05, 0) is 25.3 Å². The Balaban J connectivity index is 1.69. The molecule has 0 bridgehead atoms. The quantitative estimate of drug-likeness (QED) is 0.930. The van der Waals surface area contributed by atoms with Crippen LogP contribution in [0.5, 0.6) is 0 Å². The minimum Gasteiger partial charge on any atom is -0.338 e. The van der Waals surface area contributed by atoms with Gasteiger partial charge in [-0.1, -0.05) is 20.3 Å². The first-order valence-corrected chi connectivity index (χ1v) is 8.49. The van der Waals surface area contributed by atoms with Crippen molar-refractivity contribution in [1.29, 1.82) is 0 Å². The third-order valence-corrected chi connectivity index (χ3v) is 4.51. The van der Waals surface area contributed by atoms with Crippen molar-refractivity contribution in [3.63, 3.8) is 0 Å². The van der Waals surface area contributed by atoms with Crippen LogP contribution in [0.4, 0.5) is 0 Å². The van der Waals surface area contributed by atoms with Gasteiger partial charge in [0.1, 0.15) is 5.82 Å². The van der Waals surface area contributed by atoms with Crippen molar-refractivity contribution in [2.75, 3.05) is 13.1 Å². The lowest BCUT2D eigenvalue weighted by Gasteiger charge is -2.30. The molecule has 1 aromatic rings. The molecule has 0 aliphatic carbocycles. The van der Waals surface area contributed by atoms with Gasteiger partial charge in [-0.25, -0.2) is 9.97 Å². The molecule has 1 atom stereocenters. The highest BCUT2D eigenvalue weighted by Crippen LogP contribution is 2.23. The van der Waals surface area contributed by atoms with E-state index in [1.807, 2.05) is 11.1 Å². The minimum absolute atomic E-state index is 0.249. The zero-order valence-electron chi connectivity index (χ0n) is 13.6. The van der Waals surface area contributed by atoms with Gasteiger partial charge in [-0.2, -0.15) is 0 Å². The number of nitrogens with zero attached hydrogens (tertiary/aromatic N) is 3.